The molecule has 0 spiro atoms. The Kier molecular flexibility index (Phi) is 6.94. The molecular weight excluding hydrogens is 477 g/mol. The highest BCUT2D eigenvalue weighted by Crippen LogP contribution is 2.33. The lowest BCUT2D eigenvalue weighted by Gasteiger charge is -2.25. The van der Waals surface area contributed by atoms with Crippen molar-refractivity contribution in [3.63, 3.8) is 0 Å². The third-order valence-corrected chi connectivity index (χ3v) is 7.13. The second kappa shape index (κ2) is 10.3. The minimum absolute atomic E-state index is 0.0207. The zero-order valence-corrected chi connectivity index (χ0v) is 20.9. The topological polar surface area (TPSA) is 87.9 Å². The van der Waals surface area contributed by atoms with E-state index in [-0.39, 0.29) is 18.1 Å². The van der Waals surface area contributed by atoms with Crippen LogP contribution < -0.4 is 11.1 Å². The normalized spacial score (nSPS) is 14.9. The Morgan fingerprint density at radius 2 is 2.00 bits per heavy atom. The standard InChI is InChI=1S/C28H29ClFN5O/c1-17-7-8-18(16-36)11-22(17)19-12-26-27(33-21-5-3-2-4-6-21)23(14-32-35(26)15-19)28(31)34-25-13-20(30)9-10-24(25)29/h7-15,21,33,36H,2-6,16H2,1H3,(H2,31,34). The van der Waals surface area contributed by atoms with Gasteiger partial charge in [-0.1, -0.05) is 43.0 Å². The Balaban J connectivity index is 1.64. The molecule has 0 saturated heterocycles. The smallest absolute Gasteiger partial charge is 0.135 e. The molecule has 186 valence electrons. The van der Waals surface area contributed by atoms with Crippen molar-refractivity contribution in [2.75, 3.05) is 5.32 Å². The van der Waals surface area contributed by atoms with Crippen molar-refractivity contribution >= 4 is 34.3 Å². The number of benzene rings is 2. The summed E-state index contributed by atoms with van der Waals surface area (Å²) in [6, 6.07) is 12.3. The van der Waals surface area contributed by atoms with Crippen molar-refractivity contribution in [2.45, 2.75) is 51.7 Å². The minimum Gasteiger partial charge on any atom is -0.392 e. The molecule has 1 aliphatic carbocycles. The number of hydrogen-bond acceptors (Lipinski definition) is 4. The number of anilines is 1. The van der Waals surface area contributed by atoms with E-state index in [1.54, 1.807) is 6.20 Å². The molecule has 2 aromatic carbocycles. The van der Waals surface area contributed by atoms with Crippen LogP contribution in [0.3, 0.4) is 0 Å². The highest BCUT2D eigenvalue weighted by Gasteiger charge is 2.20. The molecule has 8 heteroatoms. The summed E-state index contributed by atoms with van der Waals surface area (Å²) in [6.45, 7) is 2.03. The van der Waals surface area contributed by atoms with E-state index in [0.29, 0.717) is 16.6 Å². The molecule has 0 atom stereocenters. The van der Waals surface area contributed by atoms with E-state index in [0.717, 1.165) is 46.3 Å². The van der Waals surface area contributed by atoms with Crippen LogP contribution in [0.4, 0.5) is 15.8 Å². The summed E-state index contributed by atoms with van der Waals surface area (Å²) in [5, 5.41) is 18.3. The third kappa shape index (κ3) is 4.94. The number of halogens is 2. The minimum atomic E-state index is -0.434. The van der Waals surface area contributed by atoms with Gasteiger partial charge in [0.25, 0.3) is 0 Å². The number of nitrogens with one attached hydrogen (secondary N) is 1. The fourth-order valence-electron chi connectivity index (χ4n) is 4.84. The number of nitrogens with two attached hydrogens (primary N) is 1. The van der Waals surface area contributed by atoms with Crippen LogP contribution in [0, 0.1) is 12.7 Å². The van der Waals surface area contributed by atoms with Crippen molar-refractivity contribution in [1.82, 2.24) is 9.61 Å². The highest BCUT2D eigenvalue weighted by molar-refractivity contribution is 6.33. The van der Waals surface area contributed by atoms with Gasteiger partial charge in [0.15, 0.2) is 0 Å². The zero-order chi connectivity index (χ0) is 25.2. The van der Waals surface area contributed by atoms with E-state index in [1.807, 2.05) is 35.8 Å². The maximum atomic E-state index is 13.8. The number of rotatable bonds is 6. The van der Waals surface area contributed by atoms with E-state index in [4.69, 9.17) is 17.3 Å². The molecule has 6 nitrogen and oxygen atoms in total. The van der Waals surface area contributed by atoms with Gasteiger partial charge in [0.2, 0.25) is 0 Å². The maximum absolute atomic E-state index is 13.8. The molecule has 0 aliphatic heterocycles. The second-order valence-corrected chi connectivity index (χ2v) is 9.78. The van der Waals surface area contributed by atoms with Gasteiger partial charge in [-0.2, -0.15) is 5.10 Å². The first kappa shape index (κ1) is 24.3. The van der Waals surface area contributed by atoms with Crippen LogP contribution in [0.1, 0.15) is 48.8 Å². The summed E-state index contributed by atoms with van der Waals surface area (Å²) >= 11 is 6.25. The van der Waals surface area contributed by atoms with Gasteiger partial charge in [-0.25, -0.2) is 13.9 Å². The first-order chi connectivity index (χ1) is 17.4. The van der Waals surface area contributed by atoms with Crippen molar-refractivity contribution in [1.29, 1.82) is 0 Å². The molecule has 0 bridgehead atoms. The summed E-state index contributed by atoms with van der Waals surface area (Å²) < 4.78 is 15.7. The third-order valence-electron chi connectivity index (χ3n) is 6.81. The van der Waals surface area contributed by atoms with Gasteiger partial charge in [0, 0.05) is 23.9 Å². The molecule has 2 heterocycles. The average molecular weight is 506 g/mol. The SMILES string of the molecule is Cc1ccc(CO)cc1-c1cc2c(NC3CCCCC3)c(C(N)=Nc3cc(F)ccc3Cl)cnn2c1. The number of hydrogen-bond donors (Lipinski definition) is 3. The number of fused-ring (bicyclic) bond motifs is 1. The molecule has 0 amide bonds. The first-order valence-corrected chi connectivity index (χ1v) is 12.6. The predicted molar refractivity (Wildman–Crippen MR) is 144 cm³/mol. The number of aromatic nitrogens is 2. The lowest BCUT2D eigenvalue weighted by Crippen LogP contribution is -2.25. The molecule has 4 aromatic rings. The second-order valence-electron chi connectivity index (χ2n) is 9.37. The molecule has 1 saturated carbocycles. The number of amidine groups is 1. The average Bonchev–Trinajstić information content (AvgIpc) is 3.32. The molecule has 1 aliphatic rings. The van der Waals surface area contributed by atoms with Crippen LogP contribution in [-0.4, -0.2) is 26.6 Å². The largest absolute Gasteiger partial charge is 0.392 e. The highest BCUT2D eigenvalue weighted by atomic mass is 35.5. The monoisotopic (exact) mass is 505 g/mol. The molecule has 0 unspecified atom stereocenters. The van der Waals surface area contributed by atoms with Crippen molar-refractivity contribution in [3.05, 3.63) is 82.4 Å². The van der Waals surface area contributed by atoms with Crippen LogP contribution >= 0.6 is 11.6 Å². The van der Waals surface area contributed by atoms with Crippen molar-refractivity contribution in [3.8, 4) is 11.1 Å². The van der Waals surface area contributed by atoms with E-state index in [1.165, 1.54) is 37.5 Å². The molecule has 5 rings (SSSR count). The maximum Gasteiger partial charge on any atom is 0.135 e. The van der Waals surface area contributed by atoms with Crippen LogP contribution in [0.25, 0.3) is 16.6 Å². The van der Waals surface area contributed by atoms with Gasteiger partial charge in [0.1, 0.15) is 11.7 Å². The van der Waals surface area contributed by atoms with Crippen LogP contribution in [0.5, 0.6) is 0 Å². The summed E-state index contributed by atoms with van der Waals surface area (Å²) in [5.74, 6) is -0.228. The summed E-state index contributed by atoms with van der Waals surface area (Å²) in [5.41, 5.74) is 13.1. The van der Waals surface area contributed by atoms with Crippen LogP contribution in [0.15, 0.2) is 59.9 Å². The number of aryl methyl sites for hydroxylation is 1. The van der Waals surface area contributed by atoms with Gasteiger partial charge in [0.05, 0.1) is 40.3 Å². The zero-order valence-electron chi connectivity index (χ0n) is 20.1. The quantitative estimate of drug-likeness (QED) is 0.210. The fourth-order valence-corrected chi connectivity index (χ4v) is 5.00. The number of aliphatic hydroxyl groups is 1. The van der Waals surface area contributed by atoms with E-state index in [2.05, 4.69) is 21.5 Å². The number of aliphatic imine (C=N–C) groups is 1. The first-order valence-electron chi connectivity index (χ1n) is 12.2. The van der Waals surface area contributed by atoms with E-state index < -0.39 is 5.82 Å². The van der Waals surface area contributed by atoms with Gasteiger partial charge >= 0.3 is 0 Å². The van der Waals surface area contributed by atoms with Crippen LogP contribution in [0.2, 0.25) is 5.02 Å². The Morgan fingerprint density at radius 1 is 1.19 bits per heavy atom. The molecule has 2 aromatic heterocycles. The Bertz CT molecular complexity index is 1440. The van der Waals surface area contributed by atoms with Gasteiger partial charge in [-0.15, -0.1) is 0 Å². The lowest BCUT2D eigenvalue weighted by atomic mass is 9.95. The van der Waals surface area contributed by atoms with Gasteiger partial charge in [-0.05, 0) is 60.7 Å². The molecule has 4 N–H and O–H groups in total. The molecular formula is C28H29ClFN5O. The number of nitrogens with zero attached hydrogens (tertiary/aromatic N) is 3. The van der Waals surface area contributed by atoms with E-state index in [9.17, 15) is 9.50 Å². The Labute approximate surface area is 214 Å². The predicted octanol–water partition coefficient (Wildman–Crippen LogP) is 6.38. The van der Waals surface area contributed by atoms with Crippen molar-refractivity contribution < 1.29 is 9.50 Å². The molecule has 0 radical (unpaired) electrons. The summed E-state index contributed by atoms with van der Waals surface area (Å²) in [7, 11) is 0. The fraction of sp³-hybridized carbons (Fsp3) is 0.286. The van der Waals surface area contributed by atoms with Crippen molar-refractivity contribution in [2.24, 2.45) is 10.7 Å². The summed E-state index contributed by atoms with van der Waals surface area (Å²) in [4.78, 5) is 4.46. The van der Waals surface area contributed by atoms with Gasteiger partial charge in [-0.3, -0.25) is 0 Å². The Hall–Kier alpha value is -3.42. The Morgan fingerprint density at radius 3 is 2.78 bits per heavy atom. The molecule has 1 fully saturated rings. The van der Waals surface area contributed by atoms with E-state index >= 15 is 0 Å². The summed E-state index contributed by atoms with van der Waals surface area (Å²) in [6.07, 6.45) is 9.41. The van der Waals surface area contributed by atoms with Crippen LogP contribution in [-0.2, 0) is 6.61 Å². The number of aliphatic hydroxyl groups excluding tert-OH is 1. The molecule has 36 heavy (non-hydrogen) atoms. The van der Waals surface area contributed by atoms with Gasteiger partial charge < -0.3 is 16.2 Å². The lowest BCUT2D eigenvalue weighted by molar-refractivity contribution is 0.282.